The molecule has 0 aliphatic rings. The molecule has 2 rings (SSSR count). The van der Waals surface area contributed by atoms with E-state index in [1.165, 1.54) is 10.4 Å². The molecule has 1 aromatic heterocycles. The molecule has 2 aromatic rings. The standard InChI is InChI=1S/C15H18ClNOS/c1-11(14-7-8-15(16)19-14)17-13(9-10-18)12-5-3-2-4-6-12/h2-8,11,13,17-18H,9-10H2,1H3/t11?,13-/m1/s1. The summed E-state index contributed by atoms with van der Waals surface area (Å²) in [5, 5.41) is 12.8. The molecule has 0 aliphatic heterocycles. The molecule has 0 amide bonds. The Bertz CT molecular complexity index is 500. The molecule has 0 saturated heterocycles. The van der Waals surface area contributed by atoms with Crippen LogP contribution in [0.25, 0.3) is 0 Å². The van der Waals surface area contributed by atoms with Crippen LogP contribution in [0.4, 0.5) is 0 Å². The van der Waals surface area contributed by atoms with Crippen LogP contribution in [0.5, 0.6) is 0 Å². The molecule has 102 valence electrons. The van der Waals surface area contributed by atoms with Gasteiger partial charge in [-0.3, -0.25) is 0 Å². The second-order valence-electron chi connectivity index (χ2n) is 4.51. The highest BCUT2D eigenvalue weighted by atomic mass is 35.5. The summed E-state index contributed by atoms with van der Waals surface area (Å²) in [7, 11) is 0. The quantitative estimate of drug-likeness (QED) is 0.838. The molecule has 0 fully saturated rings. The molecule has 1 unspecified atom stereocenters. The number of aliphatic hydroxyl groups excluding tert-OH is 1. The molecule has 0 radical (unpaired) electrons. The molecule has 1 heterocycles. The van der Waals surface area contributed by atoms with Crippen LogP contribution < -0.4 is 5.32 Å². The van der Waals surface area contributed by atoms with E-state index in [0.29, 0.717) is 6.42 Å². The SMILES string of the molecule is CC(N[C@H](CCO)c1ccccc1)c1ccc(Cl)s1. The summed E-state index contributed by atoms with van der Waals surface area (Å²) in [6.07, 6.45) is 0.702. The zero-order chi connectivity index (χ0) is 13.7. The van der Waals surface area contributed by atoms with Gasteiger partial charge in [-0.05, 0) is 31.0 Å². The normalized spacial score (nSPS) is 14.3. The smallest absolute Gasteiger partial charge is 0.0931 e. The van der Waals surface area contributed by atoms with Crippen molar-refractivity contribution in [3.8, 4) is 0 Å². The van der Waals surface area contributed by atoms with E-state index in [4.69, 9.17) is 11.6 Å². The Kier molecular flexibility index (Phi) is 5.40. The largest absolute Gasteiger partial charge is 0.396 e. The maximum absolute atomic E-state index is 9.23. The van der Waals surface area contributed by atoms with Crippen LogP contribution >= 0.6 is 22.9 Å². The fourth-order valence-electron chi connectivity index (χ4n) is 2.11. The number of thiophene rings is 1. The summed E-state index contributed by atoms with van der Waals surface area (Å²) in [5.74, 6) is 0. The number of nitrogens with one attached hydrogen (secondary N) is 1. The number of halogens is 1. The molecule has 0 bridgehead atoms. The first-order valence-corrected chi connectivity index (χ1v) is 7.57. The zero-order valence-electron chi connectivity index (χ0n) is 10.8. The first-order chi connectivity index (χ1) is 9.20. The van der Waals surface area contributed by atoms with Gasteiger partial charge >= 0.3 is 0 Å². The third-order valence-electron chi connectivity index (χ3n) is 3.09. The lowest BCUT2D eigenvalue weighted by Gasteiger charge is -2.22. The van der Waals surface area contributed by atoms with Gasteiger partial charge in [0.2, 0.25) is 0 Å². The van der Waals surface area contributed by atoms with Gasteiger partial charge in [0.05, 0.1) is 4.34 Å². The van der Waals surface area contributed by atoms with Crippen molar-refractivity contribution in [3.63, 3.8) is 0 Å². The Labute approximate surface area is 123 Å². The van der Waals surface area contributed by atoms with E-state index in [2.05, 4.69) is 24.4 Å². The van der Waals surface area contributed by atoms with Crippen LogP contribution in [0.3, 0.4) is 0 Å². The van der Waals surface area contributed by atoms with Gasteiger partial charge in [0.15, 0.2) is 0 Å². The molecule has 0 saturated carbocycles. The van der Waals surface area contributed by atoms with Crippen molar-refractivity contribution in [3.05, 3.63) is 57.2 Å². The molecule has 2 N–H and O–H groups in total. The lowest BCUT2D eigenvalue weighted by Crippen LogP contribution is -2.25. The first kappa shape index (κ1) is 14.5. The molecule has 0 spiro atoms. The number of hydrogen-bond donors (Lipinski definition) is 2. The molecular formula is C15H18ClNOS. The lowest BCUT2D eigenvalue weighted by molar-refractivity contribution is 0.260. The minimum absolute atomic E-state index is 0.155. The van der Waals surface area contributed by atoms with Crippen molar-refractivity contribution < 1.29 is 5.11 Å². The van der Waals surface area contributed by atoms with Crippen molar-refractivity contribution in [1.82, 2.24) is 5.32 Å². The van der Waals surface area contributed by atoms with E-state index in [0.717, 1.165) is 4.34 Å². The van der Waals surface area contributed by atoms with Crippen LogP contribution in [0, 0.1) is 0 Å². The van der Waals surface area contributed by atoms with E-state index in [1.807, 2.05) is 30.3 Å². The van der Waals surface area contributed by atoms with Gasteiger partial charge in [0.25, 0.3) is 0 Å². The van der Waals surface area contributed by atoms with E-state index in [1.54, 1.807) is 11.3 Å². The van der Waals surface area contributed by atoms with Crippen molar-refractivity contribution in [2.45, 2.75) is 25.4 Å². The average molecular weight is 296 g/mol. The van der Waals surface area contributed by atoms with Gasteiger partial charge in [-0.15, -0.1) is 11.3 Å². The number of hydrogen-bond acceptors (Lipinski definition) is 3. The van der Waals surface area contributed by atoms with Crippen LogP contribution in [-0.4, -0.2) is 11.7 Å². The molecule has 4 heteroatoms. The van der Waals surface area contributed by atoms with E-state index in [9.17, 15) is 5.11 Å². The Morgan fingerprint density at radius 2 is 1.95 bits per heavy atom. The second kappa shape index (κ2) is 7.06. The predicted octanol–water partition coefficient (Wildman–Crippen LogP) is 4.18. The average Bonchev–Trinajstić information content (AvgIpc) is 2.86. The van der Waals surface area contributed by atoms with Gasteiger partial charge in [-0.1, -0.05) is 41.9 Å². The monoisotopic (exact) mass is 295 g/mol. The summed E-state index contributed by atoms with van der Waals surface area (Å²) in [6, 6.07) is 14.6. The Morgan fingerprint density at radius 1 is 1.21 bits per heavy atom. The summed E-state index contributed by atoms with van der Waals surface area (Å²) in [6.45, 7) is 2.29. The van der Waals surface area contributed by atoms with Crippen molar-refractivity contribution >= 4 is 22.9 Å². The second-order valence-corrected chi connectivity index (χ2v) is 6.25. The zero-order valence-corrected chi connectivity index (χ0v) is 12.4. The third kappa shape index (κ3) is 4.05. The van der Waals surface area contributed by atoms with Gasteiger partial charge in [-0.2, -0.15) is 0 Å². The Morgan fingerprint density at radius 3 is 2.53 bits per heavy atom. The number of benzene rings is 1. The molecular weight excluding hydrogens is 278 g/mol. The third-order valence-corrected chi connectivity index (χ3v) is 4.51. The maximum Gasteiger partial charge on any atom is 0.0931 e. The molecule has 19 heavy (non-hydrogen) atoms. The fourth-order valence-corrected chi connectivity index (χ4v) is 3.18. The van der Waals surface area contributed by atoms with Gasteiger partial charge in [0, 0.05) is 23.6 Å². The van der Waals surface area contributed by atoms with Gasteiger partial charge < -0.3 is 10.4 Å². The number of rotatable bonds is 6. The van der Waals surface area contributed by atoms with E-state index in [-0.39, 0.29) is 18.7 Å². The van der Waals surface area contributed by atoms with Crippen LogP contribution in [0.15, 0.2) is 42.5 Å². The summed E-state index contributed by atoms with van der Waals surface area (Å²) < 4.78 is 0.807. The molecule has 0 aliphatic carbocycles. The molecule has 1 aromatic carbocycles. The highest BCUT2D eigenvalue weighted by Crippen LogP contribution is 2.29. The summed E-state index contributed by atoms with van der Waals surface area (Å²) >= 11 is 7.56. The maximum atomic E-state index is 9.23. The summed E-state index contributed by atoms with van der Waals surface area (Å²) in [5.41, 5.74) is 1.20. The first-order valence-electron chi connectivity index (χ1n) is 6.38. The Balaban J connectivity index is 2.08. The fraction of sp³-hybridized carbons (Fsp3) is 0.333. The Hall–Kier alpha value is -0.870. The molecule has 2 nitrogen and oxygen atoms in total. The van der Waals surface area contributed by atoms with Gasteiger partial charge in [-0.25, -0.2) is 0 Å². The predicted molar refractivity (Wildman–Crippen MR) is 81.8 cm³/mol. The minimum atomic E-state index is 0.155. The summed E-state index contributed by atoms with van der Waals surface area (Å²) in [4.78, 5) is 1.21. The van der Waals surface area contributed by atoms with Crippen molar-refractivity contribution in [2.24, 2.45) is 0 Å². The highest BCUT2D eigenvalue weighted by Gasteiger charge is 2.15. The van der Waals surface area contributed by atoms with Crippen molar-refractivity contribution in [2.75, 3.05) is 6.61 Å². The topological polar surface area (TPSA) is 32.3 Å². The lowest BCUT2D eigenvalue weighted by atomic mass is 10.0. The van der Waals surface area contributed by atoms with Gasteiger partial charge in [0.1, 0.15) is 0 Å². The highest BCUT2D eigenvalue weighted by molar-refractivity contribution is 7.16. The van der Waals surface area contributed by atoms with Crippen LogP contribution in [0.1, 0.15) is 35.9 Å². The van der Waals surface area contributed by atoms with Crippen LogP contribution in [0.2, 0.25) is 4.34 Å². The van der Waals surface area contributed by atoms with Crippen LogP contribution in [-0.2, 0) is 0 Å². The molecule has 2 atom stereocenters. The number of aliphatic hydroxyl groups is 1. The van der Waals surface area contributed by atoms with E-state index < -0.39 is 0 Å². The van der Waals surface area contributed by atoms with Crippen molar-refractivity contribution in [1.29, 1.82) is 0 Å². The van der Waals surface area contributed by atoms with E-state index >= 15 is 0 Å². The minimum Gasteiger partial charge on any atom is -0.396 e.